The van der Waals surface area contributed by atoms with Gasteiger partial charge in [-0.3, -0.25) is 0 Å². The third-order valence-electron chi connectivity index (χ3n) is 5.72. The fourth-order valence-electron chi connectivity index (χ4n) is 4.21. The summed E-state index contributed by atoms with van der Waals surface area (Å²) in [6.45, 7) is 8.02. The Hall–Kier alpha value is -0.728. The molecule has 0 amide bonds. The number of alkyl halides is 1. The molecule has 0 spiro atoms. The quantitative estimate of drug-likeness (QED) is 0.175. The second-order valence-corrected chi connectivity index (χ2v) is 22.8. The summed E-state index contributed by atoms with van der Waals surface area (Å²) in [6.07, 6.45) is 1.27. The molecular weight excluding hydrogens is 660 g/mol. The number of hydrogen-bond donors (Lipinski definition) is 0. The van der Waals surface area contributed by atoms with Gasteiger partial charge in [0, 0.05) is 0 Å². The van der Waals surface area contributed by atoms with E-state index in [-0.39, 0.29) is 0 Å². The average molecular weight is 695 g/mol. The van der Waals surface area contributed by atoms with E-state index in [4.69, 9.17) is 0 Å². The van der Waals surface area contributed by atoms with E-state index in [1.54, 1.807) is 9.37 Å². The van der Waals surface area contributed by atoms with Crippen LogP contribution < -0.4 is 9.37 Å². The Morgan fingerprint density at radius 3 is 1.28 bits per heavy atom. The Labute approximate surface area is 196 Å². The number of hydrogen-bond acceptors (Lipinski definition) is 1. The van der Waals surface area contributed by atoms with Gasteiger partial charge in [-0.2, -0.15) is 0 Å². The van der Waals surface area contributed by atoms with E-state index in [1.807, 2.05) is 4.93 Å². The standard InChI is InChI=1S/C7H16N.3C6H5.CH3I.Pb/c1-4-7-8(5-2)6-3;3*1-2-4-6-5-3-1;1-2;/h1,4-7H2,2-3H3;3*1-5H;1H3;. The molecule has 0 saturated carbocycles. The minimum Gasteiger partial charge on any atom is -0.0901 e. The Morgan fingerprint density at radius 2 is 0.966 bits per heavy atom. The minimum absolute atomic E-state index is 1.14. The maximum atomic E-state index is 2.56. The molecule has 0 unspecified atom stereocenters. The predicted octanol–water partition coefficient (Wildman–Crippen LogP) is 4.94. The van der Waals surface area contributed by atoms with Crippen LogP contribution in [-0.2, 0) is 0 Å². The summed E-state index contributed by atoms with van der Waals surface area (Å²) in [7, 11) is 0. The molecule has 0 aliphatic carbocycles. The molecule has 0 saturated heterocycles. The molecule has 1 nitrogen and oxygen atoms in total. The SMILES string of the molecule is CCN(CC)CC[CH2][Pb]([c]1ccccc1)([c]1ccccc1)[c]1ccccc1.CI. The number of benzene rings is 3. The fourth-order valence-corrected chi connectivity index (χ4v) is 23.0. The first-order valence-corrected chi connectivity index (χ1v) is 21.3. The van der Waals surface area contributed by atoms with Crippen molar-refractivity contribution in [1.82, 2.24) is 4.90 Å². The zero-order valence-corrected chi connectivity index (χ0v) is 24.1. The topological polar surface area (TPSA) is 3.24 Å². The van der Waals surface area contributed by atoms with Crippen molar-refractivity contribution in [2.45, 2.75) is 24.2 Å². The van der Waals surface area contributed by atoms with Gasteiger partial charge in [0.05, 0.1) is 0 Å². The average Bonchev–Trinajstić information content (AvgIpc) is 2.82. The molecule has 3 aromatic rings. The second kappa shape index (κ2) is 13.6. The maximum absolute atomic E-state index is 3.20. The van der Waals surface area contributed by atoms with Gasteiger partial charge in [0.2, 0.25) is 0 Å². The molecule has 0 fully saturated rings. The largest absolute Gasteiger partial charge is 0.0901 e. The van der Waals surface area contributed by atoms with Crippen molar-refractivity contribution in [3.8, 4) is 0 Å². The molecule has 0 aliphatic rings. The van der Waals surface area contributed by atoms with Gasteiger partial charge in [-0.05, 0) is 4.93 Å². The Bertz CT molecular complexity index is 692. The molecule has 0 bridgehead atoms. The molecular formula is C26H34INPb. The van der Waals surface area contributed by atoms with E-state index in [0.717, 1.165) is 13.1 Å². The van der Waals surface area contributed by atoms with Crippen LogP contribution in [0, 0.1) is 0 Å². The molecule has 0 aliphatic heterocycles. The normalized spacial score (nSPS) is 11.1. The van der Waals surface area contributed by atoms with Gasteiger partial charge in [0.15, 0.2) is 0 Å². The smallest absolute Gasteiger partial charge is 0.0121 e. The summed E-state index contributed by atoms with van der Waals surface area (Å²) in [4.78, 5) is 4.53. The Kier molecular flexibility index (Phi) is 11.5. The summed E-state index contributed by atoms with van der Waals surface area (Å²) in [5.41, 5.74) is 0. The van der Waals surface area contributed by atoms with Crippen molar-refractivity contribution < 1.29 is 0 Å². The van der Waals surface area contributed by atoms with Crippen LogP contribution >= 0.6 is 22.6 Å². The van der Waals surface area contributed by atoms with Crippen molar-refractivity contribution in [1.29, 1.82) is 0 Å². The predicted molar refractivity (Wildman–Crippen MR) is 141 cm³/mol. The van der Waals surface area contributed by atoms with Crippen molar-refractivity contribution in [3.63, 3.8) is 0 Å². The van der Waals surface area contributed by atoms with Gasteiger partial charge in [0.25, 0.3) is 0 Å². The van der Waals surface area contributed by atoms with Crippen molar-refractivity contribution in [2.24, 2.45) is 0 Å². The van der Waals surface area contributed by atoms with Gasteiger partial charge in [-0.25, -0.2) is 0 Å². The number of nitrogens with zero attached hydrogens (tertiary/aromatic N) is 1. The fraction of sp³-hybridized carbons (Fsp3) is 0.308. The monoisotopic (exact) mass is 695 g/mol. The minimum atomic E-state index is -3.20. The zero-order chi connectivity index (χ0) is 21.0. The third-order valence-corrected chi connectivity index (χ3v) is 25.4. The van der Waals surface area contributed by atoms with Crippen LogP contribution in [0.5, 0.6) is 0 Å². The summed E-state index contributed by atoms with van der Waals surface area (Å²) in [5, 5.41) is 0. The van der Waals surface area contributed by atoms with Crippen molar-refractivity contribution in [3.05, 3.63) is 91.0 Å². The third kappa shape index (κ3) is 6.37. The van der Waals surface area contributed by atoms with Crippen LogP contribution in [0.25, 0.3) is 0 Å². The van der Waals surface area contributed by atoms with Gasteiger partial charge in [-0.15, -0.1) is 0 Å². The second-order valence-electron chi connectivity index (χ2n) is 7.13. The van der Waals surface area contributed by atoms with E-state index in [0.29, 0.717) is 0 Å². The Morgan fingerprint density at radius 1 is 0.621 bits per heavy atom. The van der Waals surface area contributed by atoms with Crippen molar-refractivity contribution >= 4 is 53.1 Å². The number of halogens is 1. The van der Waals surface area contributed by atoms with E-state index in [2.05, 4.69) is 132 Å². The first kappa shape index (κ1) is 24.5. The van der Waals surface area contributed by atoms with Crippen LogP contribution in [0.3, 0.4) is 0 Å². The molecule has 3 rings (SSSR count). The molecule has 0 atom stereocenters. The summed E-state index contributed by atoms with van der Waals surface area (Å²) in [5.74, 6) is 0. The summed E-state index contributed by atoms with van der Waals surface area (Å²) >= 11 is -1.05. The molecule has 0 radical (unpaired) electrons. The molecule has 29 heavy (non-hydrogen) atoms. The van der Waals surface area contributed by atoms with Gasteiger partial charge in [0.1, 0.15) is 0 Å². The molecule has 0 N–H and O–H groups in total. The molecule has 154 valence electrons. The molecule has 0 heterocycles. The first-order valence-electron chi connectivity index (χ1n) is 10.6. The van der Waals surface area contributed by atoms with Crippen LogP contribution in [0.4, 0.5) is 0 Å². The van der Waals surface area contributed by atoms with Crippen LogP contribution in [0.15, 0.2) is 91.0 Å². The van der Waals surface area contributed by atoms with E-state index in [1.165, 1.54) is 16.9 Å². The molecule has 3 aromatic carbocycles. The van der Waals surface area contributed by atoms with E-state index >= 15 is 0 Å². The molecule has 3 heteroatoms. The van der Waals surface area contributed by atoms with Gasteiger partial charge >= 0.3 is 170 Å². The summed E-state index contributed by atoms with van der Waals surface area (Å²) in [6, 6.07) is 34.1. The van der Waals surface area contributed by atoms with Gasteiger partial charge in [-0.1, -0.05) is 22.6 Å². The van der Waals surface area contributed by atoms with E-state index < -0.39 is 21.2 Å². The van der Waals surface area contributed by atoms with E-state index in [9.17, 15) is 0 Å². The zero-order valence-electron chi connectivity index (χ0n) is 18.0. The van der Waals surface area contributed by atoms with Crippen molar-refractivity contribution in [2.75, 3.05) is 24.6 Å². The Balaban J connectivity index is 0.00000145. The number of rotatable bonds is 9. The first-order chi connectivity index (χ1) is 14.3. The molecule has 0 aromatic heterocycles. The van der Waals surface area contributed by atoms with Gasteiger partial charge < -0.3 is 0 Å². The van der Waals surface area contributed by atoms with Crippen LogP contribution in [-0.4, -0.2) is 50.6 Å². The van der Waals surface area contributed by atoms with Crippen LogP contribution in [0.1, 0.15) is 20.3 Å². The summed E-state index contributed by atoms with van der Waals surface area (Å²) < 4.78 is 6.12. The van der Waals surface area contributed by atoms with Crippen LogP contribution in [0.2, 0.25) is 3.98 Å². The maximum Gasteiger partial charge on any atom is -0.0121 e.